The molecule has 1 saturated heterocycles. The molecule has 0 radical (unpaired) electrons. The fourth-order valence-electron chi connectivity index (χ4n) is 5.28. The Labute approximate surface area is 296 Å². The Hall–Kier alpha value is -2.37. The van der Waals surface area contributed by atoms with Gasteiger partial charge in [-0.05, 0) is 64.2 Å². The van der Waals surface area contributed by atoms with Gasteiger partial charge in [0, 0.05) is 6.42 Å². The average Bonchev–Trinajstić information content (AvgIpc) is 3.10. The molecule has 0 aromatic carbocycles. The van der Waals surface area contributed by atoms with E-state index < -0.39 is 49.5 Å². The Morgan fingerprint density at radius 3 is 1.82 bits per heavy atom. The van der Waals surface area contributed by atoms with Crippen molar-refractivity contribution in [1.82, 2.24) is 5.32 Å². The minimum atomic E-state index is -1.56. The molecule has 0 aromatic rings. The first-order chi connectivity index (χ1) is 23.8. The van der Waals surface area contributed by atoms with Crippen LogP contribution >= 0.6 is 0 Å². The van der Waals surface area contributed by atoms with Crippen LogP contribution in [0.3, 0.4) is 0 Å². The Balaban J connectivity index is 2.24. The molecule has 9 nitrogen and oxygen atoms in total. The molecule has 0 saturated carbocycles. The van der Waals surface area contributed by atoms with Crippen molar-refractivity contribution in [3.63, 3.8) is 0 Å². The van der Waals surface area contributed by atoms with Gasteiger partial charge in [0.25, 0.3) is 0 Å². The highest BCUT2D eigenvalue weighted by Crippen LogP contribution is 2.22. The van der Waals surface area contributed by atoms with Gasteiger partial charge in [-0.3, -0.25) is 4.79 Å². The van der Waals surface area contributed by atoms with E-state index in [1.165, 1.54) is 0 Å². The molecule has 0 aliphatic carbocycles. The van der Waals surface area contributed by atoms with Crippen LogP contribution < -0.4 is 5.32 Å². The summed E-state index contributed by atoms with van der Waals surface area (Å²) in [5, 5.41) is 53.4. The number of carbonyl (C=O) groups excluding carboxylic acids is 1. The van der Waals surface area contributed by atoms with E-state index in [9.17, 15) is 30.3 Å². The lowest BCUT2D eigenvalue weighted by molar-refractivity contribution is -0.302. The Kier molecular flexibility index (Phi) is 27.8. The minimum absolute atomic E-state index is 0.159. The van der Waals surface area contributed by atoms with Crippen molar-refractivity contribution >= 4 is 5.91 Å². The molecule has 7 atom stereocenters. The third kappa shape index (κ3) is 22.1. The molecule has 1 amide bonds. The summed E-state index contributed by atoms with van der Waals surface area (Å²) >= 11 is 0. The number of amides is 1. The summed E-state index contributed by atoms with van der Waals surface area (Å²) in [4.78, 5) is 12.7. The first-order valence-electron chi connectivity index (χ1n) is 18.6. The zero-order valence-electron chi connectivity index (χ0n) is 30.2. The summed E-state index contributed by atoms with van der Waals surface area (Å²) in [6, 6.07) is -0.732. The second-order valence-electron chi connectivity index (χ2n) is 12.6. The first kappa shape index (κ1) is 44.7. The number of aliphatic hydroxyl groups excluding tert-OH is 5. The summed E-state index contributed by atoms with van der Waals surface area (Å²) in [6.45, 7) is 3.49. The van der Waals surface area contributed by atoms with Crippen LogP contribution in [0.25, 0.3) is 0 Å². The smallest absolute Gasteiger partial charge is 0.220 e. The molecule has 7 unspecified atom stereocenters. The predicted octanol–water partition coefficient (Wildman–Crippen LogP) is 6.27. The molecule has 9 heteroatoms. The van der Waals surface area contributed by atoms with E-state index >= 15 is 0 Å². The van der Waals surface area contributed by atoms with E-state index in [-0.39, 0.29) is 12.5 Å². The number of aliphatic hydroxyl groups is 5. The fraction of sp³-hybridized carbons (Fsp3) is 0.675. The van der Waals surface area contributed by atoms with E-state index in [2.05, 4.69) is 92.1 Å². The summed E-state index contributed by atoms with van der Waals surface area (Å²) < 4.78 is 11.0. The Morgan fingerprint density at radius 1 is 0.714 bits per heavy atom. The maximum absolute atomic E-state index is 12.7. The van der Waals surface area contributed by atoms with Crippen LogP contribution in [0.4, 0.5) is 0 Å². The maximum atomic E-state index is 12.7. The van der Waals surface area contributed by atoms with Gasteiger partial charge in [-0.15, -0.1) is 0 Å². The van der Waals surface area contributed by atoms with Crippen molar-refractivity contribution in [2.24, 2.45) is 0 Å². The van der Waals surface area contributed by atoms with Crippen LogP contribution in [0.5, 0.6) is 0 Å². The topological polar surface area (TPSA) is 149 Å². The molecule has 280 valence electrons. The molecule has 1 aliphatic heterocycles. The van der Waals surface area contributed by atoms with Crippen molar-refractivity contribution in [2.75, 3.05) is 13.2 Å². The number of ether oxygens (including phenoxy) is 2. The lowest BCUT2D eigenvalue weighted by Crippen LogP contribution is -2.60. The highest BCUT2D eigenvalue weighted by molar-refractivity contribution is 5.76. The third-order valence-electron chi connectivity index (χ3n) is 8.32. The van der Waals surface area contributed by atoms with Crippen molar-refractivity contribution in [1.29, 1.82) is 0 Å². The third-order valence-corrected chi connectivity index (χ3v) is 8.32. The van der Waals surface area contributed by atoms with Gasteiger partial charge in [-0.2, -0.15) is 0 Å². The summed E-state index contributed by atoms with van der Waals surface area (Å²) in [6.07, 6.45) is 32.8. The lowest BCUT2D eigenvalue weighted by Gasteiger charge is -2.40. The normalized spacial score (nSPS) is 23.3. The summed E-state index contributed by atoms with van der Waals surface area (Å²) in [5.41, 5.74) is 0. The van der Waals surface area contributed by atoms with Crippen LogP contribution in [0, 0.1) is 0 Å². The van der Waals surface area contributed by atoms with Gasteiger partial charge in [0.15, 0.2) is 6.29 Å². The van der Waals surface area contributed by atoms with Crippen molar-refractivity contribution < 1.29 is 39.8 Å². The molecule has 0 aromatic heterocycles. The predicted molar refractivity (Wildman–Crippen MR) is 198 cm³/mol. The largest absolute Gasteiger partial charge is 0.394 e. The van der Waals surface area contributed by atoms with Gasteiger partial charge in [0.1, 0.15) is 24.4 Å². The standard InChI is InChI=1S/C40H67NO8/c1-3-5-7-8-9-10-11-12-13-14-15-16-17-18-19-20-21-22-23-24-25-26-28-30-36(44)41-33(34(43)29-27-6-4-2)32-48-40-39(47)38(46)37(45)35(31-42)49-40/h5,7,9-10,12-13,15-16,18-19,21-22,33-35,37-40,42-43,45-47H,3-4,6,8,11,14,17,20,23-32H2,1-2H3,(H,41,44)/b7-5-,10-9-,13-12-,16-15-,19-18-,22-21-. The van der Waals surface area contributed by atoms with Gasteiger partial charge < -0.3 is 40.3 Å². The van der Waals surface area contributed by atoms with E-state index in [4.69, 9.17) is 9.47 Å². The van der Waals surface area contributed by atoms with Crippen LogP contribution in [0.2, 0.25) is 0 Å². The van der Waals surface area contributed by atoms with Gasteiger partial charge in [-0.25, -0.2) is 0 Å². The van der Waals surface area contributed by atoms with E-state index in [0.29, 0.717) is 12.8 Å². The molecule has 1 fully saturated rings. The van der Waals surface area contributed by atoms with E-state index in [0.717, 1.165) is 89.9 Å². The quantitative estimate of drug-likeness (QED) is 0.0416. The monoisotopic (exact) mass is 689 g/mol. The number of rotatable bonds is 28. The lowest BCUT2D eigenvalue weighted by atomic mass is 9.99. The maximum Gasteiger partial charge on any atom is 0.220 e. The molecular weight excluding hydrogens is 622 g/mol. The van der Waals surface area contributed by atoms with Crippen LogP contribution in [-0.2, 0) is 14.3 Å². The van der Waals surface area contributed by atoms with Crippen LogP contribution in [0.1, 0.15) is 117 Å². The van der Waals surface area contributed by atoms with Crippen molar-refractivity contribution in [3.8, 4) is 0 Å². The molecule has 0 spiro atoms. The van der Waals surface area contributed by atoms with Crippen LogP contribution in [-0.4, -0.2) is 87.5 Å². The van der Waals surface area contributed by atoms with E-state index in [1.807, 2.05) is 0 Å². The van der Waals surface area contributed by atoms with Gasteiger partial charge >= 0.3 is 0 Å². The molecule has 1 aliphatic rings. The first-order valence-corrected chi connectivity index (χ1v) is 18.6. The number of hydrogen-bond donors (Lipinski definition) is 6. The molecular formula is C40H67NO8. The fourth-order valence-corrected chi connectivity index (χ4v) is 5.28. The van der Waals surface area contributed by atoms with Gasteiger partial charge in [-0.1, -0.05) is 119 Å². The van der Waals surface area contributed by atoms with Gasteiger partial charge in [0.05, 0.1) is 25.4 Å². The Bertz CT molecular complexity index is 989. The second kappa shape index (κ2) is 30.5. The van der Waals surface area contributed by atoms with Crippen molar-refractivity contribution in [3.05, 3.63) is 72.9 Å². The minimum Gasteiger partial charge on any atom is -0.394 e. The zero-order valence-corrected chi connectivity index (χ0v) is 30.2. The SMILES string of the molecule is CC/C=C\C/C=C\C/C=C\C/C=C\C/C=C\C/C=C\CCCCCCC(=O)NC(COC1OC(CO)C(O)C(O)C1O)C(O)CCCCC. The molecule has 1 rings (SSSR count). The van der Waals surface area contributed by atoms with E-state index in [1.54, 1.807) is 0 Å². The van der Waals surface area contributed by atoms with Crippen molar-refractivity contribution in [2.45, 2.75) is 159 Å². The molecule has 1 heterocycles. The molecule has 0 bridgehead atoms. The highest BCUT2D eigenvalue weighted by Gasteiger charge is 2.44. The number of carbonyl (C=O) groups is 1. The Morgan fingerprint density at radius 2 is 1.27 bits per heavy atom. The number of unbranched alkanes of at least 4 members (excludes halogenated alkanes) is 6. The molecule has 49 heavy (non-hydrogen) atoms. The summed E-state index contributed by atoms with van der Waals surface area (Å²) in [5.74, 6) is -0.186. The average molecular weight is 690 g/mol. The zero-order chi connectivity index (χ0) is 36.0. The number of allylic oxidation sites excluding steroid dienone is 12. The van der Waals surface area contributed by atoms with Gasteiger partial charge in [0.2, 0.25) is 5.91 Å². The number of hydrogen-bond acceptors (Lipinski definition) is 8. The van der Waals surface area contributed by atoms with Crippen LogP contribution in [0.15, 0.2) is 72.9 Å². The summed E-state index contributed by atoms with van der Waals surface area (Å²) in [7, 11) is 0. The highest BCUT2D eigenvalue weighted by atomic mass is 16.7. The second-order valence-corrected chi connectivity index (χ2v) is 12.6. The molecule has 6 N–H and O–H groups in total. The number of nitrogens with one attached hydrogen (secondary N) is 1.